The lowest BCUT2D eigenvalue weighted by molar-refractivity contribution is -0.119. The van der Waals surface area contributed by atoms with E-state index < -0.39 is 5.91 Å². The standard InChI is InChI=1S/C9H9BrClNO2/c1-5-2-6(11)3-7(10)9(5)14-4-8(12)13/h2-3H,4H2,1H3,(H2,12,13). The maximum absolute atomic E-state index is 10.5. The van der Waals surface area contributed by atoms with Crippen LogP contribution >= 0.6 is 27.5 Å². The summed E-state index contributed by atoms with van der Waals surface area (Å²) in [6.07, 6.45) is 0. The number of halogens is 2. The number of amides is 1. The molecule has 0 radical (unpaired) electrons. The molecule has 0 unspecified atom stereocenters. The van der Waals surface area contributed by atoms with Crippen molar-refractivity contribution in [1.82, 2.24) is 0 Å². The Labute approximate surface area is 95.3 Å². The summed E-state index contributed by atoms with van der Waals surface area (Å²) in [4.78, 5) is 10.5. The molecular weight excluding hydrogens is 269 g/mol. The Hall–Kier alpha value is -0.740. The van der Waals surface area contributed by atoms with E-state index in [9.17, 15) is 4.79 Å². The topological polar surface area (TPSA) is 52.3 Å². The molecule has 0 heterocycles. The zero-order valence-electron chi connectivity index (χ0n) is 7.51. The first-order valence-corrected chi connectivity index (χ1v) is 5.04. The number of hydrogen-bond acceptors (Lipinski definition) is 2. The van der Waals surface area contributed by atoms with Gasteiger partial charge in [-0.05, 0) is 40.5 Å². The largest absolute Gasteiger partial charge is 0.482 e. The summed E-state index contributed by atoms with van der Waals surface area (Å²) in [5.41, 5.74) is 5.82. The lowest BCUT2D eigenvalue weighted by atomic mass is 10.2. The second-order valence-corrected chi connectivity index (χ2v) is 4.08. The quantitative estimate of drug-likeness (QED) is 0.922. The van der Waals surface area contributed by atoms with E-state index in [1.807, 2.05) is 6.92 Å². The van der Waals surface area contributed by atoms with Gasteiger partial charge in [0.1, 0.15) is 5.75 Å². The van der Waals surface area contributed by atoms with Crippen molar-refractivity contribution in [2.45, 2.75) is 6.92 Å². The highest BCUT2D eigenvalue weighted by atomic mass is 79.9. The van der Waals surface area contributed by atoms with Crippen molar-refractivity contribution in [2.24, 2.45) is 5.73 Å². The molecule has 76 valence electrons. The molecule has 0 aliphatic rings. The summed E-state index contributed by atoms with van der Waals surface area (Å²) in [5, 5.41) is 0.612. The molecule has 5 heteroatoms. The van der Waals surface area contributed by atoms with Gasteiger partial charge < -0.3 is 10.5 Å². The van der Waals surface area contributed by atoms with E-state index in [1.54, 1.807) is 12.1 Å². The first-order chi connectivity index (χ1) is 6.50. The van der Waals surface area contributed by atoms with Crippen LogP contribution in [-0.2, 0) is 4.79 Å². The number of benzene rings is 1. The monoisotopic (exact) mass is 277 g/mol. The molecule has 1 aromatic rings. The van der Waals surface area contributed by atoms with Gasteiger partial charge in [0.15, 0.2) is 6.61 Å². The van der Waals surface area contributed by atoms with Gasteiger partial charge in [-0.2, -0.15) is 0 Å². The number of rotatable bonds is 3. The van der Waals surface area contributed by atoms with Gasteiger partial charge in [-0.3, -0.25) is 4.79 Å². The van der Waals surface area contributed by atoms with Crippen LogP contribution in [0.5, 0.6) is 5.75 Å². The summed E-state index contributed by atoms with van der Waals surface area (Å²) in [5.74, 6) is 0.0828. The predicted molar refractivity (Wildman–Crippen MR) is 58.6 cm³/mol. The number of carbonyl (C=O) groups is 1. The summed E-state index contributed by atoms with van der Waals surface area (Å²) >= 11 is 9.09. The number of nitrogens with two attached hydrogens (primary N) is 1. The van der Waals surface area contributed by atoms with Crippen molar-refractivity contribution in [3.05, 3.63) is 27.2 Å². The van der Waals surface area contributed by atoms with Gasteiger partial charge in [-0.15, -0.1) is 0 Å². The van der Waals surface area contributed by atoms with Crippen molar-refractivity contribution in [3.8, 4) is 5.75 Å². The highest BCUT2D eigenvalue weighted by Crippen LogP contribution is 2.31. The molecule has 3 nitrogen and oxygen atoms in total. The zero-order chi connectivity index (χ0) is 10.7. The van der Waals surface area contributed by atoms with Crippen molar-refractivity contribution in [2.75, 3.05) is 6.61 Å². The van der Waals surface area contributed by atoms with Crippen LogP contribution in [0.25, 0.3) is 0 Å². The van der Waals surface area contributed by atoms with Gasteiger partial charge in [0.2, 0.25) is 0 Å². The van der Waals surface area contributed by atoms with Crippen molar-refractivity contribution < 1.29 is 9.53 Å². The minimum absolute atomic E-state index is 0.138. The van der Waals surface area contributed by atoms with E-state index in [0.717, 1.165) is 5.56 Å². The van der Waals surface area contributed by atoms with E-state index >= 15 is 0 Å². The van der Waals surface area contributed by atoms with Gasteiger partial charge in [-0.25, -0.2) is 0 Å². The van der Waals surface area contributed by atoms with E-state index in [-0.39, 0.29) is 6.61 Å². The summed E-state index contributed by atoms with van der Waals surface area (Å²) in [7, 11) is 0. The Kier molecular flexibility index (Phi) is 3.77. The van der Waals surface area contributed by atoms with Gasteiger partial charge in [0.05, 0.1) is 4.47 Å². The fraction of sp³-hybridized carbons (Fsp3) is 0.222. The third-order valence-corrected chi connectivity index (χ3v) is 2.36. The molecule has 0 fully saturated rings. The Morgan fingerprint density at radius 2 is 2.29 bits per heavy atom. The van der Waals surface area contributed by atoms with Crippen LogP contribution in [-0.4, -0.2) is 12.5 Å². The molecule has 14 heavy (non-hydrogen) atoms. The normalized spacial score (nSPS) is 9.93. The number of aryl methyl sites for hydroxylation is 1. The molecule has 0 aliphatic heterocycles. The summed E-state index contributed by atoms with van der Waals surface area (Å²) < 4.78 is 5.92. The molecule has 2 N–H and O–H groups in total. The van der Waals surface area contributed by atoms with Crippen LogP contribution in [0.4, 0.5) is 0 Å². The molecule has 0 aliphatic carbocycles. The molecule has 1 amide bonds. The van der Waals surface area contributed by atoms with Crippen molar-refractivity contribution >= 4 is 33.4 Å². The van der Waals surface area contributed by atoms with Crippen LogP contribution in [0, 0.1) is 6.92 Å². The first kappa shape index (κ1) is 11.3. The Morgan fingerprint density at radius 1 is 1.64 bits per heavy atom. The minimum Gasteiger partial charge on any atom is -0.482 e. The van der Waals surface area contributed by atoms with E-state index in [2.05, 4.69) is 15.9 Å². The number of hydrogen-bond donors (Lipinski definition) is 1. The Bertz CT molecular complexity index is 345. The van der Waals surface area contributed by atoms with Crippen LogP contribution in [0.1, 0.15) is 5.56 Å². The van der Waals surface area contributed by atoms with E-state index in [1.165, 1.54) is 0 Å². The lowest BCUT2D eigenvalue weighted by Crippen LogP contribution is -2.20. The third-order valence-electron chi connectivity index (χ3n) is 1.55. The average Bonchev–Trinajstić information content (AvgIpc) is 2.01. The van der Waals surface area contributed by atoms with Crippen LogP contribution < -0.4 is 10.5 Å². The van der Waals surface area contributed by atoms with Crippen molar-refractivity contribution in [1.29, 1.82) is 0 Å². The SMILES string of the molecule is Cc1cc(Cl)cc(Br)c1OCC(N)=O. The number of carbonyl (C=O) groups excluding carboxylic acids is 1. The first-order valence-electron chi connectivity index (χ1n) is 3.87. The van der Waals surface area contributed by atoms with Crippen LogP contribution in [0.2, 0.25) is 5.02 Å². The third kappa shape index (κ3) is 2.89. The van der Waals surface area contributed by atoms with Gasteiger partial charge in [0.25, 0.3) is 5.91 Å². The fourth-order valence-electron chi connectivity index (χ4n) is 1.02. The maximum Gasteiger partial charge on any atom is 0.255 e. The second kappa shape index (κ2) is 4.66. The average molecular weight is 279 g/mol. The molecule has 0 spiro atoms. The van der Waals surface area contributed by atoms with Gasteiger partial charge in [0, 0.05) is 5.02 Å². The second-order valence-electron chi connectivity index (χ2n) is 2.79. The fourth-order valence-corrected chi connectivity index (χ4v) is 2.09. The molecule has 1 rings (SSSR count). The molecule has 0 atom stereocenters. The van der Waals surface area contributed by atoms with Crippen LogP contribution in [0.15, 0.2) is 16.6 Å². The molecular formula is C9H9BrClNO2. The maximum atomic E-state index is 10.5. The van der Waals surface area contributed by atoms with Crippen molar-refractivity contribution in [3.63, 3.8) is 0 Å². The van der Waals surface area contributed by atoms with Gasteiger partial charge in [-0.1, -0.05) is 11.6 Å². The minimum atomic E-state index is -0.508. The smallest absolute Gasteiger partial charge is 0.255 e. The lowest BCUT2D eigenvalue weighted by Gasteiger charge is -2.09. The predicted octanol–water partition coefficient (Wildman–Crippen LogP) is 2.28. The highest BCUT2D eigenvalue weighted by molar-refractivity contribution is 9.10. The number of ether oxygens (including phenoxy) is 1. The molecule has 0 aromatic heterocycles. The molecule has 0 saturated heterocycles. The number of primary amides is 1. The molecule has 0 saturated carbocycles. The van der Waals surface area contributed by atoms with Gasteiger partial charge >= 0.3 is 0 Å². The summed E-state index contributed by atoms with van der Waals surface area (Å²) in [6.45, 7) is 1.70. The van der Waals surface area contributed by atoms with Crippen LogP contribution in [0.3, 0.4) is 0 Å². The van der Waals surface area contributed by atoms with E-state index in [0.29, 0.717) is 15.2 Å². The molecule has 1 aromatic carbocycles. The summed E-state index contributed by atoms with van der Waals surface area (Å²) in [6, 6.07) is 3.45. The van der Waals surface area contributed by atoms with E-state index in [4.69, 9.17) is 22.1 Å². The Balaban J connectivity index is 2.91. The molecule has 0 bridgehead atoms. The highest BCUT2D eigenvalue weighted by Gasteiger charge is 2.07. The Morgan fingerprint density at radius 3 is 2.79 bits per heavy atom. The zero-order valence-corrected chi connectivity index (χ0v) is 9.85.